The summed E-state index contributed by atoms with van der Waals surface area (Å²) < 4.78 is 1.90. The molecular formula is C17H12Cl2N2O. The molecular weight excluding hydrogens is 319 g/mol. The van der Waals surface area contributed by atoms with Crippen LogP contribution in [0, 0.1) is 0 Å². The SMILES string of the molecule is O=CCc1cnc(-c2ccc(Cl)cc2)n1-c1ccccc1Cl. The first-order valence-electron chi connectivity index (χ1n) is 6.72. The quantitative estimate of drug-likeness (QED) is 0.656. The van der Waals surface area contributed by atoms with Crippen LogP contribution in [0.4, 0.5) is 0 Å². The molecule has 0 amide bonds. The third kappa shape index (κ3) is 2.78. The molecule has 22 heavy (non-hydrogen) atoms. The molecule has 0 spiro atoms. The van der Waals surface area contributed by atoms with Crippen molar-refractivity contribution in [1.82, 2.24) is 9.55 Å². The van der Waals surface area contributed by atoms with Crippen molar-refractivity contribution in [2.24, 2.45) is 0 Å². The summed E-state index contributed by atoms with van der Waals surface area (Å²) >= 11 is 12.3. The lowest BCUT2D eigenvalue weighted by Crippen LogP contribution is -2.03. The van der Waals surface area contributed by atoms with Crippen molar-refractivity contribution < 1.29 is 4.79 Å². The van der Waals surface area contributed by atoms with Crippen LogP contribution in [-0.2, 0) is 11.2 Å². The van der Waals surface area contributed by atoms with E-state index < -0.39 is 0 Å². The Hall–Kier alpha value is -2.10. The molecule has 0 N–H and O–H groups in total. The summed E-state index contributed by atoms with van der Waals surface area (Å²) in [6, 6.07) is 14.9. The molecule has 0 radical (unpaired) electrons. The van der Waals surface area contributed by atoms with Gasteiger partial charge in [-0.15, -0.1) is 0 Å². The van der Waals surface area contributed by atoms with Crippen molar-refractivity contribution in [2.75, 3.05) is 0 Å². The minimum atomic E-state index is 0.270. The summed E-state index contributed by atoms with van der Waals surface area (Å²) in [6.45, 7) is 0. The van der Waals surface area contributed by atoms with Crippen LogP contribution in [0.15, 0.2) is 54.7 Å². The number of nitrogens with zero attached hydrogens (tertiary/aromatic N) is 2. The first kappa shape index (κ1) is 14.8. The lowest BCUT2D eigenvalue weighted by Gasteiger charge is -2.13. The Labute approximate surface area is 138 Å². The number of halogens is 2. The van der Waals surface area contributed by atoms with Gasteiger partial charge in [0, 0.05) is 23.2 Å². The van der Waals surface area contributed by atoms with Gasteiger partial charge >= 0.3 is 0 Å². The predicted octanol–water partition coefficient (Wildman–Crippen LogP) is 4.59. The molecule has 1 heterocycles. The first-order chi connectivity index (χ1) is 10.7. The number of aromatic nitrogens is 2. The molecule has 0 aliphatic rings. The van der Waals surface area contributed by atoms with Gasteiger partial charge in [0.1, 0.15) is 12.1 Å². The number of carbonyl (C=O) groups is 1. The van der Waals surface area contributed by atoms with Crippen molar-refractivity contribution in [3.63, 3.8) is 0 Å². The largest absolute Gasteiger partial charge is 0.303 e. The third-order valence-corrected chi connectivity index (χ3v) is 3.89. The van der Waals surface area contributed by atoms with Gasteiger partial charge in [0.2, 0.25) is 0 Å². The average Bonchev–Trinajstić information content (AvgIpc) is 2.92. The molecule has 0 saturated heterocycles. The second-order valence-corrected chi connectivity index (χ2v) is 5.58. The Morgan fingerprint density at radius 3 is 2.45 bits per heavy atom. The van der Waals surface area contributed by atoms with E-state index in [1.807, 2.05) is 53.1 Å². The van der Waals surface area contributed by atoms with Crippen LogP contribution < -0.4 is 0 Å². The van der Waals surface area contributed by atoms with Gasteiger partial charge in [0.05, 0.1) is 16.4 Å². The molecule has 1 aromatic heterocycles. The van der Waals surface area contributed by atoms with Gasteiger partial charge < -0.3 is 4.79 Å². The topological polar surface area (TPSA) is 34.9 Å². The predicted molar refractivity (Wildman–Crippen MR) is 88.8 cm³/mol. The van der Waals surface area contributed by atoms with E-state index in [9.17, 15) is 4.79 Å². The van der Waals surface area contributed by atoms with Crippen molar-refractivity contribution in [3.05, 3.63) is 70.5 Å². The highest BCUT2D eigenvalue weighted by Gasteiger charge is 2.15. The van der Waals surface area contributed by atoms with E-state index >= 15 is 0 Å². The van der Waals surface area contributed by atoms with Gasteiger partial charge in [-0.25, -0.2) is 4.98 Å². The summed E-state index contributed by atoms with van der Waals surface area (Å²) in [5.41, 5.74) is 2.48. The number of para-hydroxylation sites is 1. The van der Waals surface area contributed by atoms with E-state index in [0.717, 1.165) is 29.1 Å². The Morgan fingerprint density at radius 2 is 1.77 bits per heavy atom. The summed E-state index contributed by atoms with van der Waals surface area (Å²) in [6.07, 6.45) is 2.82. The molecule has 3 rings (SSSR count). The average molecular weight is 331 g/mol. The molecule has 0 unspecified atom stereocenters. The fraction of sp³-hybridized carbons (Fsp3) is 0.0588. The first-order valence-corrected chi connectivity index (χ1v) is 7.47. The second-order valence-electron chi connectivity index (χ2n) is 4.74. The number of rotatable bonds is 4. The van der Waals surface area contributed by atoms with Crippen LogP contribution in [-0.4, -0.2) is 15.8 Å². The van der Waals surface area contributed by atoms with Crippen LogP contribution in [0.2, 0.25) is 10.0 Å². The maximum Gasteiger partial charge on any atom is 0.144 e. The molecule has 0 bridgehead atoms. The number of carbonyl (C=O) groups excluding carboxylic acids is 1. The molecule has 0 fully saturated rings. The van der Waals surface area contributed by atoms with Gasteiger partial charge in [-0.05, 0) is 36.4 Å². The monoisotopic (exact) mass is 330 g/mol. The van der Waals surface area contributed by atoms with Crippen LogP contribution in [0.3, 0.4) is 0 Å². The van der Waals surface area contributed by atoms with Crippen LogP contribution in [0.25, 0.3) is 17.1 Å². The lowest BCUT2D eigenvalue weighted by molar-refractivity contribution is -0.107. The Kier molecular flexibility index (Phi) is 4.27. The lowest BCUT2D eigenvalue weighted by atomic mass is 10.2. The maximum absolute atomic E-state index is 10.9. The molecule has 2 aromatic carbocycles. The zero-order valence-electron chi connectivity index (χ0n) is 11.5. The smallest absolute Gasteiger partial charge is 0.144 e. The second kappa shape index (κ2) is 6.34. The highest BCUT2D eigenvalue weighted by Crippen LogP contribution is 2.29. The Bertz CT molecular complexity index is 810. The fourth-order valence-corrected chi connectivity index (χ4v) is 2.67. The summed E-state index contributed by atoms with van der Waals surface area (Å²) in [5, 5.41) is 1.26. The molecule has 0 saturated carbocycles. The minimum Gasteiger partial charge on any atom is -0.303 e. The fourth-order valence-electron chi connectivity index (χ4n) is 2.32. The van der Waals surface area contributed by atoms with Crippen LogP contribution >= 0.6 is 23.2 Å². The van der Waals surface area contributed by atoms with E-state index in [0.29, 0.717) is 10.0 Å². The standard InChI is InChI=1S/C17H12Cl2N2O/c18-13-7-5-12(6-8-13)17-20-11-14(9-10-22)21(17)16-4-2-1-3-15(16)19/h1-8,10-11H,9H2. The number of hydrogen-bond donors (Lipinski definition) is 0. The number of imidazole rings is 1. The van der Waals surface area contributed by atoms with E-state index in [-0.39, 0.29) is 6.42 Å². The van der Waals surface area contributed by atoms with E-state index in [2.05, 4.69) is 4.98 Å². The van der Waals surface area contributed by atoms with E-state index in [4.69, 9.17) is 23.2 Å². The van der Waals surface area contributed by atoms with E-state index in [1.165, 1.54) is 0 Å². The molecule has 0 aliphatic heterocycles. The van der Waals surface area contributed by atoms with Crippen molar-refractivity contribution in [3.8, 4) is 17.1 Å². The Morgan fingerprint density at radius 1 is 1.05 bits per heavy atom. The van der Waals surface area contributed by atoms with Gasteiger partial charge in [-0.2, -0.15) is 0 Å². The minimum absolute atomic E-state index is 0.270. The molecule has 5 heteroatoms. The van der Waals surface area contributed by atoms with Gasteiger partial charge in [-0.1, -0.05) is 35.3 Å². The normalized spacial score (nSPS) is 10.6. The maximum atomic E-state index is 10.9. The third-order valence-electron chi connectivity index (χ3n) is 3.32. The zero-order chi connectivity index (χ0) is 15.5. The number of aldehydes is 1. The molecule has 0 aliphatic carbocycles. The summed E-state index contributed by atoms with van der Waals surface area (Å²) in [7, 11) is 0. The number of hydrogen-bond acceptors (Lipinski definition) is 2. The van der Waals surface area contributed by atoms with Crippen LogP contribution in [0.1, 0.15) is 5.69 Å². The molecule has 3 aromatic rings. The van der Waals surface area contributed by atoms with E-state index in [1.54, 1.807) is 6.20 Å². The Balaban J connectivity index is 2.22. The van der Waals surface area contributed by atoms with Gasteiger partial charge in [0.25, 0.3) is 0 Å². The molecule has 3 nitrogen and oxygen atoms in total. The summed E-state index contributed by atoms with van der Waals surface area (Å²) in [5.74, 6) is 0.724. The molecule has 110 valence electrons. The zero-order valence-corrected chi connectivity index (χ0v) is 13.1. The van der Waals surface area contributed by atoms with Crippen LogP contribution in [0.5, 0.6) is 0 Å². The van der Waals surface area contributed by atoms with Gasteiger partial charge in [0.15, 0.2) is 0 Å². The highest BCUT2D eigenvalue weighted by atomic mass is 35.5. The van der Waals surface area contributed by atoms with Crippen molar-refractivity contribution in [1.29, 1.82) is 0 Å². The van der Waals surface area contributed by atoms with Crippen molar-refractivity contribution in [2.45, 2.75) is 6.42 Å². The molecule has 0 atom stereocenters. The number of benzene rings is 2. The van der Waals surface area contributed by atoms with Gasteiger partial charge in [-0.3, -0.25) is 4.57 Å². The summed E-state index contributed by atoms with van der Waals surface area (Å²) in [4.78, 5) is 15.4. The highest BCUT2D eigenvalue weighted by molar-refractivity contribution is 6.32. The van der Waals surface area contributed by atoms with Crippen molar-refractivity contribution >= 4 is 29.5 Å².